The highest BCUT2D eigenvalue weighted by Crippen LogP contribution is 2.13. The van der Waals surface area contributed by atoms with E-state index in [0.29, 0.717) is 6.54 Å². The number of aryl methyl sites for hydroxylation is 1. The molecule has 1 heterocycles. The third-order valence-electron chi connectivity index (χ3n) is 3.42. The Morgan fingerprint density at radius 2 is 2.00 bits per heavy atom. The normalized spacial score (nSPS) is 11.3. The zero-order valence-electron chi connectivity index (χ0n) is 11.2. The summed E-state index contributed by atoms with van der Waals surface area (Å²) in [4.78, 5) is 26.4. The van der Waals surface area contributed by atoms with E-state index in [1.54, 1.807) is 13.0 Å². The first-order valence-corrected chi connectivity index (χ1v) is 6.20. The number of pyridine rings is 1. The molecule has 1 rings (SSSR count). The quantitative estimate of drug-likeness (QED) is 0.727. The molecule has 0 aliphatic heterocycles. The number of aromatic amines is 1. The average molecular weight is 251 g/mol. The fourth-order valence-electron chi connectivity index (χ4n) is 1.83. The van der Waals surface area contributed by atoms with E-state index >= 15 is 0 Å². The molecule has 1 aromatic heterocycles. The van der Waals surface area contributed by atoms with Gasteiger partial charge in [-0.15, -0.1) is 0 Å². The van der Waals surface area contributed by atoms with Crippen LogP contribution in [-0.2, 0) is 0 Å². The fourth-order valence-corrected chi connectivity index (χ4v) is 1.83. The molecule has 4 N–H and O–H groups in total. The van der Waals surface area contributed by atoms with Crippen molar-refractivity contribution >= 4 is 5.91 Å². The van der Waals surface area contributed by atoms with Crippen LogP contribution >= 0.6 is 0 Å². The number of hydrogen-bond donors (Lipinski definition) is 3. The van der Waals surface area contributed by atoms with Crippen LogP contribution in [0.2, 0.25) is 0 Å². The molecule has 5 heteroatoms. The maximum absolute atomic E-state index is 12.1. The van der Waals surface area contributed by atoms with E-state index in [1.165, 1.54) is 6.07 Å². The second kappa shape index (κ2) is 5.82. The maximum atomic E-state index is 12.1. The van der Waals surface area contributed by atoms with E-state index in [2.05, 4.69) is 10.3 Å². The van der Waals surface area contributed by atoms with Crippen LogP contribution in [0.3, 0.4) is 0 Å². The molecule has 0 unspecified atom stereocenters. The Labute approximate surface area is 107 Å². The van der Waals surface area contributed by atoms with Gasteiger partial charge in [0, 0.05) is 12.2 Å². The van der Waals surface area contributed by atoms with Crippen LogP contribution in [0.25, 0.3) is 0 Å². The van der Waals surface area contributed by atoms with Gasteiger partial charge in [0.15, 0.2) is 0 Å². The number of H-pyrrole nitrogens is 1. The summed E-state index contributed by atoms with van der Waals surface area (Å²) in [6.45, 7) is 6.06. The lowest BCUT2D eigenvalue weighted by Gasteiger charge is -2.31. The molecule has 0 aromatic carbocycles. The van der Waals surface area contributed by atoms with Gasteiger partial charge in [0.2, 0.25) is 0 Å². The Hall–Kier alpha value is -1.62. The number of nitrogens with one attached hydrogen (secondary N) is 2. The third-order valence-corrected chi connectivity index (χ3v) is 3.42. The van der Waals surface area contributed by atoms with Crippen molar-refractivity contribution in [1.29, 1.82) is 0 Å². The van der Waals surface area contributed by atoms with Gasteiger partial charge in [0.1, 0.15) is 5.56 Å². The fraction of sp³-hybridized carbons (Fsp3) is 0.538. The van der Waals surface area contributed by atoms with E-state index < -0.39 is 5.54 Å². The Morgan fingerprint density at radius 3 is 2.44 bits per heavy atom. The van der Waals surface area contributed by atoms with E-state index in [0.717, 1.165) is 18.5 Å². The zero-order valence-corrected chi connectivity index (χ0v) is 11.2. The highest BCUT2D eigenvalue weighted by atomic mass is 16.2. The summed E-state index contributed by atoms with van der Waals surface area (Å²) in [5, 5.41) is 2.87. The number of hydrogen-bond acceptors (Lipinski definition) is 3. The Kier molecular flexibility index (Phi) is 4.67. The predicted octanol–water partition coefficient (Wildman–Crippen LogP) is 0.931. The summed E-state index contributed by atoms with van der Waals surface area (Å²) in [7, 11) is 0. The Balaban J connectivity index is 2.98. The highest BCUT2D eigenvalue weighted by molar-refractivity contribution is 5.94. The van der Waals surface area contributed by atoms with E-state index in [-0.39, 0.29) is 17.0 Å². The van der Waals surface area contributed by atoms with Gasteiger partial charge in [-0.1, -0.05) is 13.8 Å². The van der Waals surface area contributed by atoms with Crippen molar-refractivity contribution in [2.75, 3.05) is 6.54 Å². The minimum atomic E-state index is -0.436. The van der Waals surface area contributed by atoms with Gasteiger partial charge < -0.3 is 16.0 Å². The van der Waals surface area contributed by atoms with Crippen LogP contribution in [0.5, 0.6) is 0 Å². The molecule has 18 heavy (non-hydrogen) atoms. The van der Waals surface area contributed by atoms with E-state index in [4.69, 9.17) is 5.73 Å². The van der Waals surface area contributed by atoms with Gasteiger partial charge in [-0.25, -0.2) is 0 Å². The van der Waals surface area contributed by atoms with Crippen molar-refractivity contribution in [3.05, 3.63) is 33.7 Å². The Bertz CT molecular complexity index is 467. The number of aromatic nitrogens is 1. The molecule has 0 aliphatic carbocycles. The minimum Gasteiger partial charge on any atom is -0.345 e. The first kappa shape index (κ1) is 14.4. The third kappa shape index (κ3) is 2.98. The van der Waals surface area contributed by atoms with Crippen molar-refractivity contribution in [2.45, 2.75) is 39.2 Å². The van der Waals surface area contributed by atoms with Crippen molar-refractivity contribution in [2.24, 2.45) is 5.73 Å². The van der Waals surface area contributed by atoms with Crippen LogP contribution in [0.4, 0.5) is 0 Å². The summed E-state index contributed by atoms with van der Waals surface area (Å²) in [5.41, 5.74) is 5.77. The highest BCUT2D eigenvalue weighted by Gasteiger charge is 2.27. The molecule has 100 valence electrons. The molecule has 0 aliphatic rings. The van der Waals surface area contributed by atoms with Crippen molar-refractivity contribution < 1.29 is 4.79 Å². The molecular weight excluding hydrogens is 230 g/mol. The van der Waals surface area contributed by atoms with E-state index in [9.17, 15) is 9.59 Å². The van der Waals surface area contributed by atoms with Gasteiger partial charge in [-0.05, 0) is 31.9 Å². The summed E-state index contributed by atoms with van der Waals surface area (Å²) in [6, 6.07) is 3.24. The van der Waals surface area contributed by atoms with Crippen LogP contribution in [0.15, 0.2) is 16.9 Å². The molecule has 0 atom stereocenters. The lowest BCUT2D eigenvalue weighted by molar-refractivity contribution is 0.0893. The van der Waals surface area contributed by atoms with Crippen molar-refractivity contribution in [3.63, 3.8) is 0 Å². The second-order valence-corrected chi connectivity index (χ2v) is 4.53. The van der Waals surface area contributed by atoms with Crippen molar-refractivity contribution in [1.82, 2.24) is 10.3 Å². The molecular formula is C13H21N3O2. The second-order valence-electron chi connectivity index (χ2n) is 4.53. The first-order valence-electron chi connectivity index (χ1n) is 6.20. The van der Waals surface area contributed by atoms with Gasteiger partial charge in [0.25, 0.3) is 11.5 Å². The average Bonchev–Trinajstić information content (AvgIpc) is 2.36. The largest absolute Gasteiger partial charge is 0.345 e. The Morgan fingerprint density at radius 1 is 1.39 bits per heavy atom. The minimum absolute atomic E-state index is 0.125. The van der Waals surface area contributed by atoms with E-state index in [1.807, 2.05) is 13.8 Å². The van der Waals surface area contributed by atoms with Crippen LogP contribution in [0.1, 0.15) is 42.7 Å². The van der Waals surface area contributed by atoms with Gasteiger partial charge in [-0.3, -0.25) is 9.59 Å². The maximum Gasteiger partial charge on any atom is 0.260 e. The molecule has 0 spiro atoms. The molecule has 1 aromatic rings. The molecule has 0 fully saturated rings. The number of rotatable bonds is 5. The zero-order chi connectivity index (χ0) is 13.8. The van der Waals surface area contributed by atoms with Gasteiger partial charge in [-0.2, -0.15) is 0 Å². The standard InChI is InChI=1S/C13H21N3O2/c1-4-13(5-2,8-14)16-12(18)10-7-6-9(3)15-11(10)17/h6-7H,4-5,8,14H2,1-3H3,(H,15,17)(H,16,18). The topological polar surface area (TPSA) is 88.0 Å². The molecule has 0 bridgehead atoms. The number of nitrogens with two attached hydrogens (primary N) is 1. The van der Waals surface area contributed by atoms with Crippen LogP contribution in [-0.4, -0.2) is 23.0 Å². The molecule has 5 nitrogen and oxygen atoms in total. The number of amides is 1. The summed E-state index contributed by atoms with van der Waals surface area (Å²) < 4.78 is 0. The summed E-state index contributed by atoms with van der Waals surface area (Å²) >= 11 is 0. The van der Waals surface area contributed by atoms with Gasteiger partial charge >= 0.3 is 0 Å². The predicted molar refractivity (Wildman–Crippen MR) is 71.6 cm³/mol. The summed E-state index contributed by atoms with van der Waals surface area (Å²) in [6.07, 6.45) is 1.46. The van der Waals surface area contributed by atoms with Crippen LogP contribution < -0.4 is 16.6 Å². The number of carbonyl (C=O) groups is 1. The summed E-state index contributed by atoms with van der Waals surface area (Å²) in [5.74, 6) is -0.370. The molecule has 0 saturated heterocycles. The van der Waals surface area contributed by atoms with Crippen molar-refractivity contribution in [3.8, 4) is 0 Å². The van der Waals surface area contributed by atoms with Crippen LogP contribution in [0, 0.1) is 6.92 Å². The smallest absolute Gasteiger partial charge is 0.260 e. The molecule has 0 saturated carbocycles. The lowest BCUT2D eigenvalue weighted by atomic mass is 9.92. The SMILES string of the molecule is CCC(CC)(CN)NC(=O)c1ccc(C)[nH]c1=O. The number of carbonyl (C=O) groups excluding carboxylic acids is 1. The lowest BCUT2D eigenvalue weighted by Crippen LogP contribution is -2.53. The first-order chi connectivity index (χ1) is 8.48. The molecule has 1 amide bonds. The monoisotopic (exact) mass is 251 g/mol. The molecule has 0 radical (unpaired) electrons. The van der Waals surface area contributed by atoms with Gasteiger partial charge in [0.05, 0.1) is 5.54 Å².